The summed E-state index contributed by atoms with van der Waals surface area (Å²) in [6.07, 6.45) is 0.528. The summed E-state index contributed by atoms with van der Waals surface area (Å²) in [6.45, 7) is 3.21. The minimum atomic E-state index is -0.974. The predicted octanol–water partition coefficient (Wildman–Crippen LogP) is 1.57. The van der Waals surface area contributed by atoms with Gasteiger partial charge in [0.15, 0.2) is 6.10 Å². The molecule has 1 aromatic heterocycles. The number of benzene rings is 1. The third-order valence-corrected chi connectivity index (χ3v) is 3.37. The summed E-state index contributed by atoms with van der Waals surface area (Å²) < 4.78 is 10.1. The lowest BCUT2D eigenvalue weighted by Crippen LogP contribution is -2.38. The zero-order chi connectivity index (χ0) is 18.2. The third-order valence-electron chi connectivity index (χ3n) is 3.37. The number of nitrogens with one attached hydrogen (secondary N) is 2. The van der Waals surface area contributed by atoms with Gasteiger partial charge in [-0.2, -0.15) is 0 Å². The van der Waals surface area contributed by atoms with Gasteiger partial charge in [-0.15, -0.1) is 0 Å². The zero-order valence-corrected chi connectivity index (χ0v) is 14.1. The van der Waals surface area contributed by atoms with Gasteiger partial charge < -0.3 is 19.8 Å². The van der Waals surface area contributed by atoms with Crippen molar-refractivity contribution in [1.29, 1.82) is 0 Å². The van der Waals surface area contributed by atoms with E-state index >= 15 is 0 Å². The van der Waals surface area contributed by atoms with Crippen LogP contribution in [0.2, 0.25) is 0 Å². The molecular formula is C18H20N2O5. The molecule has 0 aliphatic carbocycles. The van der Waals surface area contributed by atoms with Crippen LogP contribution in [0, 0.1) is 6.92 Å². The summed E-state index contributed by atoms with van der Waals surface area (Å²) in [7, 11) is 0. The van der Waals surface area contributed by atoms with Crippen molar-refractivity contribution in [3.8, 4) is 0 Å². The number of amides is 2. The van der Waals surface area contributed by atoms with Crippen molar-refractivity contribution in [3.05, 3.63) is 59.5 Å². The molecule has 0 aliphatic rings. The molecule has 0 saturated heterocycles. The number of hydrogen-bond acceptors (Lipinski definition) is 5. The first-order valence-electron chi connectivity index (χ1n) is 7.80. The van der Waals surface area contributed by atoms with E-state index in [1.165, 1.54) is 13.2 Å². The van der Waals surface area contributed by atoms with E-state index in [4.69, 9.17) is 9.15 Å². The molecule has 2 aromatic rings. The molecule has 0 bridgehead atoms. The Bertz CT molecular complexity index is 740. The number of aryl methyl sites for hydroxylation is 1. The van der Waals surface area contributed by atoms with Gasteiger partial charge in [-0.25, -0.2) is 0 Å². The largest absolute Gasteiger partial charge is 0.467 e. The molecular weight excluding hydrogens is 324 g/mol. The lowest BCUT2D eigenvalue weighted by Gasteiger charge is -2.13. The van der Waals surface area contributed by atoms with Gasteiger partial charge in [0, 0.05) is 5.56 Å². The van der Waals surface area contributed by atoms with Crippen LogP contribution >= 0.6 is 0 Å². The molecule has 0 unspecified atom stereocenters. The monoisotopic (exact) mass is 344 g/mol. The summed E-state index contributed by atoms with van der Waals surface area (Å²) in [4.78, 5) is 35.6. The van der Waals surface area contributed by atoms with Crippen molar-refractivity contribution in [2.75, 3.05) is 6.54 Å². The smallest absolute Gasteiger partial charge is 0.326 e. The number of esters is 1. The van der Waals surface area contributed by atoms with Gasteiger partial charge in [0.1, 0.15) is 12.3 Å². The molecule has 0 aliphatic heterocycles. The van der Waals surface area contributed by atoms with E-state index in [1.807, 2.05) is 13.0 Å². The molecule has 7 nitrogen and oxygen atoms in total. The number of furan rings is 1. The fourth-order valence-corrected chi connectivity index (χ4v) is 2.06. The summed E-state index contributed by atoms with van der Waals surface area (Å²) in [5.74, 6) is -0.927. The number of carbonyl (C=O) groups is 3. The number of rotatable bonds is 7. The highest BCUT2D eigenvalue weighted by atomic mass is 16.5. The Balaban J connectivity index is 1.73. The quantitative estimate of drug-likeness (QED) is 0.743. The topological polar surface area (TPSA) is 97.6 Å². The van der Waals surface area contributed by atoms with Crippen molar-refractivity contribution in [3.63, 3.8) is 0 Å². The van der Waals surface area contributed by atoms with Crippen LogP contribution in [-0.2, 0) is 20.9 Å². The van der Waals surface area contributed by atoms with E-state index in [9.17, 15) is 14.4 Å². The van der Waals surface area contributed by atoms with Crippen LogP contribution in [0.5, 0.6) is 0 Å². The Morgan fingerprint density at radius 2 is 1.96 bits per heavy atom. The first-order chi connectivity index (χ1) is 12.0. The van der Waals surface area contributed by atoms with Crippen molar-refractivity contribution in [2.24, 2.45) is 0 Å². The van der Waals surface area contributed by atoms with Gasteiger partial charge in [-0.05, 0) is 38.1 Å². The highest BCUT2D eigenvalue weighted by Gasteiger charge is 2.18. The van der Waals surface area contributed by atoms with E-state index in [-0.39, 0.29) is 19.0 Å². The minimum absolute atomic E-state index is 0.206. The predicted molar refractivity (Wildman–Crippen MR) is 89.6 cm³/mol. The fourth-order valence-electron chi connectivity index (χ4n) is 2.06. The van der Waals surface area contributed by atoms with Gasteiger partial charge in [0.2, 0.25) is 0 Å². The van der Waals surface area contributed by atoms with Gasteiger partial charge in [-0.3, -0.25) is 14.4 Å². The maximum Gasteiger partial charge on any atom is 0.326 e. The van der Waals surface area contributed by atoms with Crippen LogP contribution in [-0.4, -0.2) is 30.4 Å². The molecule has 7 heteroatoms. The number of hydrogen-bond donors (Lipinski definition) is 2. The van der Waals surface area contributed by atoms with E-state index in [2.05, 4.69) is 10.6 Å². The lowest BCUT2D eigenvalue weighted by molar-refractivity contribution is -0.153. The highest BCUT2D eigenvalue weighted by molar-refractivity contribution is 5.96. The number of ether oxygens (including phenoxy) is 1. The van der Waals surface area contributed by atoms with Crippen LogP contribution in [0.4, 0.5) is 0 Å². The standard InChI is InChI=1S/C18H20N2O5/c1-12-5-3-6-14(9-12)18(23)20-11-16(21)25-13(2)17(22)19-10-15-7-4-8-24-15/h3-9,13H,10-11H2,1-2H3,(H,19,22)(H,20,23)/t13-/m1/s1. The van der Waals surface area contributed by atoms with E-state index in [0.717, 1.165) is 5.56 Å². The molecule has 0 radical (unpaired) electrons. The molecule has 1 aromatic carbocycles. The molecule has 2 rings (SSSR count). The van der Waals surface area contributed by atoms with Crippen molar-refractivity contribution < 1.29 is 23.5 Å². The molecule has 0 spiro atoms. The van der Waals surface area contributed by atoms with Gasteiger partial charge >= 0.3 is 5.97 Å². The molecule has 0 saturated carbocycles. The van der Waals surface area contributed by atoms with Crippen LogP contribution < -0.4 is 10.6 Å². The van der Waals surface area contributed by atoms with E-state index in [1.54, 1.807) is 30.3 Å². The Labute approximate surface area is 145 Å². The summed E-state index contributed by atoms with van der Waals surface area (Å²) in [5.41, 5.74) is 1.40. The Hall–Kier alpha value is -3.09. The SMILES string of the molecule is Cc1cccc(C(=O)NCC(=O)O[C@H](C)C(=O)NCc2ccco2)c1. The average molecular weight is 344 g/mol. The van der Waals surface area contributed by atoms with Crippen molar-refractivity contribution in [2.45, 2.75) is 26.5 Å². The van der Waals surface area contributed by atoms with Gasteiger partial charge in [0.05, 0.1) is 12.8 Å². The normalized spacial score (nSPS) is 11.4. The zero-order valence-electron chi connectivity index (χ0n) is 14.1. The van der Waals surface area contributed by atoms with Crippen molar-refractivity contribution >= 4 is 17.8 Å². The lowest BCUT2D eigenvalue weighted by atomic mass is 10.1. The first-order valence-corrected chi connectivity index (χ1v) is 7.80. The van der Waals surface area contributed by atoms with E-state index in [0.29, 0.717) is 11.3 Å². The molecule has 2 N–H and O–H groups in total. The molecule has 132 valence electrons. The van der Waals surface area contributed by atoms with Crippen LogP contribution in [0.15, 0.2) is 47.1 Å². The Morgan fingerprint density at radius 1 is 1.16 bits per heavy atom. The Kier molecular flexibility index (Phi) is 6.33. The molecule has 1 atom stereocenters. The average Bonchev–Trinajstić information content (AvgIpc) is 3.11. The second-order valence-corrected chi connectivity index (χ2v) is 5.48. The molecule has 1 heterocycles. The van der Waals surface area contributed by atoms with Gasteiger partial charge in [0.25, 0.3) is 11.8 Å². The summed E-state index contributed by atoms with van der Waals surface area (Å²) >= 11 is 0. The Morgan fingerprint density at radius 3 is 2.64 bits per heavy atom. The fraction of sp³-hybridized carbons (Fsp3) is 0.278. The maximum atomic E-state index is 11.9. The summed E-state index contributed by atoms with van der Waals surface area (Å²) in [6, 6.07) is 10.4. The number of carbonyl (C=O) groups excluding carboxylic acids is 3. The first kappa shape index (κ1) is 18.3. The molecule has 0 fully saturated rings. The molecule has 2 amide bonds. The second kappa shape index (κ2) is 8.68. The van der Waals surface area contributed by atoms with Crippen molar-refractivity contribution in [1.82, 2.24) is 10.6 Å². The third kappa shape index (κ3) is 5.80. The van der Waals surface area contributed by atoms with E-state index < -0.39 is 18.0 Å². The van der Waals surface area contributed by atoms with Crippen LogP contribution in [0.3, 0.4) is 0 Å². The maximum absolute atomic E-state index is 11.9. The minimum Gasteiger partial charge on any atom is -0.467 e. The second-order valence-electron chi connectivity index (χ2n) is 5.48. The summed E-state index contributed by atoms with van der Waals surface area (Å²) in [5, 5.41) is 5.05. The molecule has 25 heavy (non-hydrogen) atoms. The van der Waals surface area contributed by atoms with Gasteiger partial charge in [-0.1, -0.05) is 17.7 Å². The van der Waals surface area contributed by atoms with Crippen LogP contribution in [0.1, 0.15) is 28.6 Å². The highest BCUT2D eigenvalue weighted by Crippen LogP contribution is 2.03. The van der Waals surface area contributed by atoms with Crippen LogP contribution in [0.25, 0.3) is 0 Å².